The van der Waals surface area contributed by atoms with Gasteiger partial charge in [0.05, 0.1) is 10.5 Å². The van der Waals surface area contributed by atoms with Crippen LogP contribution in [0.1, 0.15) is 39.7 Å². The monoisotopic (exact) mass is 422 g/mol. The maximum atomic E-state index is 12.4. The van der Waals surface area contributed by atoms with Crippen molar-refractivity contribution in [3.63, 3.8) is 0 Å². The number of hydrogen-bond acceptors (Lipinski definition) is 6. The summed E-state index contributed by atoms with van der Waals surface area (Å²) in [7, 11) is -3.90. The third-order valence-corrected chi connectivity index (χ3v) is 6.84. The van der Waals surface area contributed by atoms with Gasteiger partial charge < -0.3 is 10.1 Å². The molecule has 1 aliphatic carbocycles. The molecule has 1 atom stereocenters. The van der Waals surface area contributed by atoms with E-state index in [9.17, 15) is 18.0 Å². The van der Waals surface area contributed by atoms with Gasteiger partial charge in [0.1, 0.15) is 0 Å². The smallest absolute Gasteiger partial charge is 0.339 e. The summed E-state index contributed by atoms with van der Waals surface area (Å²) in [6, 6.07) is 4.38. The fourth-order valence-corrected chi connectivity index (χ4v) is 5.28. The minimum absolute atomic E-state index is 0.0681. The molecule has 0 aliphatic heterocycles. The average molecular weight is 423 g/mol. The lowest BCUT2D eigenvalue weighted by Gasteiger charge is -2.18. The molecule has 1 amide bonds. The summed E-state index contributed by atoms with van der Waals surface area (Å²) in [6.07, 6.45) is 2.84. The summed E-state index contributed by atoms with van der Waals surface area (Å²) in [6.45, 7) is 3.34. The zero-order valence-electron chi connectivity index (χ0n) is 15.7. The Hall–Kier alpha value is -2.23. The number of anilines is 1. The lowest BCUT2D eigenvalue weighted by atomic mass is 9.88. The van der Waals surface area contributed by atoms with Crippen molar-refractivity contribution in [3.8, 4) is 0 Å². The average Bonchev–Trinajstić information content (AvgIpc) is 3.03. The van der Waals surface area contributed by atoms with E-state index < -0.39 is 28.5 Å². The number of esters is 1. The molecule has 3 rings (SSSR count). The van der Waals surface area contributed by atoms with Crippen LogP contribution in [0.2, 0.25) is 0 Å². The number of carbonyl (C=O) groups is 2. The third kappa shape index (κ3) is 4.60. The summed E-state index contributed by atoms with van der Waals surface area (Å²) in [5.41, 5.74) is 2.30. The standard InChI is InChI=1S/C19H22N2O5S2/c1-11-3-6-14-15(10-27-16(14)7-11)19(23)26-9-18(22)21-13-5-4-12(2)17(8-13)28(20,24)25/h4-5,8,10-11H,3,6-7,9H2,1-2H3,(H,21,22)(H2,20,24,25)/t11-/m1/s1. The van der Waals surface area contributed by atoms with E-state index in [0.29, 0.717) is 17.0 Å². The largest absolute Gasteiger partial charge is 0.452 e. The Bertz CT molecular complexity index is 1030. The highest BCUT2D eigenvalue weighted by molar-refractivity contribution is 7.89. The van der Waals surface area contributed by atoms with Crippen molar-refractivity contribution in [2.45, 2.75) is 38.0 Å². The maximum absolute atomic E-state index is 12.4. The van der Waals surface area contributed by atoms with Crippen molar-refractivity contribution in [1.29, 1.82) is 0 Å². The molecule has 1 aromatic carbocycles. The van der Waals surface area contributed by atoms with E-state index in [1.807, 2.05) is 0 Å². The second kappa shape index (κ2) is 8.02. The van der Waals surface area contributed by atoms with Crippen LogP contribution >= 0.6 is 11.3 Å². The summed E-state index contributed by atoms with van der Waals surface area (Å²) in [5, 5.41) is 9.48. The fraction of sp³-hybridized carbons (Fsp3) is 0.368. The molecule has 0 unspecified atom stereocenters. The van der Waals surface area contributed by atoms with Crippen LogP contribution in [0.4, 0.5) is 5.69 Å². The number of aryl methyl sites for hydroxylation is 1. The predicted octanol–water partition coefficient (Wildman–Crippen LogP) is 2.62. The van der Waals surface area contributed by atoms with E-state index in [-0.39, 0.29) is 10.6 Å². The third-order valence-electron chi connectivity index (χ3n) is 4.73. The Kier molecular flexibility index (Phi) is 5.87. The second-order valence-electron chi connectivity index (χ2n) is 7.05. The summed E-state index contributed by atoms with van der Waals surface area (Å²) in [5.74, 6) is -0.468. The van der Waals surface area contributed by atoms with E-state index >= 15 is 0 Å². The Morgan fingerprint density at radius 3 is 2.82 bits per heavy atom. The summed E-state index contributed by atoms with van der Waals surface area (Å²) < 4.78 is 28.3. The zero-order valence-corrected chi connectivity index (χ0v) is 17.3. The molecule has 3 N–H and O–H groups in total. The van der Waals surface area contributed by atoms with Crippen LogP contribution in [0, 0.1) is 12.8 Å². The normalized spacial score (nSPS) is 16.3. The molecule has 28 heavy (non-hydrogen) atoms. The zero-order chi connectivity index (χ0) is 20.5. The van der Waals surface area contributed by atoms with Crippen LogP contribution < -0.4 is 10.5 Å². The molecule has 0 saturated carbocycles. The van der Waals surface area contributed by atoms with Gasteiger partial charge >= 0.3 is 5.97 Å². The van der Waals surface area contributed by atoms with Crippen molar-refractivity contribution in [1.82, 2.24) is 0 Å². The van der Waals surface area contributed by atoms with Crippen LogP contribution in [0.15, 0.2) is 28.5 Å². The number of hydrogen-bond donors (Lipinski definition) is 2. The van der Waals surface area contributed by atoms with Crippen molar-refractivity contribution < 1.29 is 22.7 Å². The van der Waals surface area contributed by atoms with E-state index in [4.69, 9.17) is 9.88 Å². The molecule has 0 spiro atoms. The van der Waals surface area contributed by atoms with Crippen LogP contribution in [-0.4, -0.2) is 26.9 Å². The Balaban J connectivity index is 1.62. The molecule has 2 aromatic rings. The van der Waals surface area contributed by atoms with Crippen molar-refractivity contribution in [2.75, 3.05) is 11.9 Å². The molecule has 0 radical (unpaired) electrons. The van der Waals surface area contributed by atoms with Gasteiger partial charge in [-0.1, -0.05) is 13.0 Å². The minimum Gasteiger partial charge on any atom is -0.452 e. The molecule has 7 nitrogen and oxygen atoms in total. The number of thiophene rings is 1. The van der Waals surface area contributed by atoms with Gasteiger partial charge in [0.25, 0.3) is 5.91 Å². The van der Waals surface area contributed by atoms with Gasteiger partial charge in [-0.15, -0.1) is 11.3 Å². The van der Waals surface area contributed by atoms with Gasteiger partial charge in [-0.3, -0.25) is 4.79 Å². The molecule has 150 valence electrons. The van der Waals surface area contributed by atoms with Gasteiger partial charge in [0.2, 0.25) is 10.0 Å². The Morgan fingerprint density at radius 1 is 1.36 bits per heavy atom. The number of fused-ring (bicyclic) bond motifs is 1. The van der Waals surface area contributed by atoms with E-state index in [2.05, 4.69) is 12.2 Å². The highest BCUT2D eigenvalue weighted by Gasteiger charge is 2.24. The first-order valence-corrected chi connectivity index (χ1v) is 11.3. The van der Waals surface area contributed by atoms with Gasteiger partial charge in [-0.05, 0) is 55.4 Å². The lowest BCUT2D eigenvalue weighted by Crippen LogP contribution is -2.22. The van der Waals surface area contributed by atoms with Crippen LogP contribution in [-0.2, 0) is 32.4 Å². The molecule has 1 aromatic heterocycles. The maximum Gasteiger partial charge on any atom is 0.339 e. The van der Waals surface area contributed by atoms with E-state index in [1.54, 1.807) is 35.8 Å². The van der Waals surface area contributed by atoms with Crippen LogP contribution in [0.25, 0.3) is 0 Å². The van der Waals surface area contributed by atoms with E-state index in [1.165, 1.54) is 10.9 Å². The number of nitrogens with one attached hydrogen (secondary N) is 1. The first-order valence-electron chi connectivity index (χ1n) is 8.85. The number of nitrogens with two attached hydrogens (primary N) is 1. The van der Waals surface area contributed by atoms with E-state index in [0.717, 1.165) is 24.8 Å². The summed E-state index contributed by atoms with van der Waals surface area (Å²) in [4.78, 5) is 25.6. The molecule has 1 heterocycles. The number of benzene rings is 1. The number of sulfonamides is 1. The Labute approximate surface area is 167 Å². The van der Waals surface area contributed by atoms with Crippen molar-refractivity contribution in [2.24, 2.45) is 11.1 Å². The van der Waals surface area contributed by atoms with Gasteiger partial charge in [0, 0.05) is 15.9 Å². The molecule has 0 fully saturated rings. The number of carbonyl (C=O) groups excluding carboxylic acids is 2. The number of ether oxygens (including phenoxy) is 1. The summed E-state index contributed by atoms with van der Waals surface area (Å²) >= 11 is 1.56. The van der Waals surface area contributed by atoms with Crippen LogP contribution in [0.5, 0.6) is 0 Å². The molecule has 9 heteroatoms. The highest BCUT2D eigenvalue weighted by atomic mass is 32.2. The molecular weight excluding hydrogens is 400 g/mol. The van der Waals surface area contributed by atoms with Gasteiger partial charge in [0.15, 0.2) is 6.61 Å². The first-order chi connectivity index (χ1) is 13.1. The topological polar surface area (TPSA) is 116 Å². The van der Waals surface area contributed by atoms with Gasteiger partial charge in [-0.2, -0.15) is 0 Å². The van der Waals surface area contributed by atoms with Crippen molar-refractivity contribution in [3.05, 3.63) is 45.1 Å². The van der Waals surface area contributed by atoms with Crippen LogP contribution in [0.3, 0.4) is 0 Å². The SMILES string of the molecule is Cc1ccc(NC(=O)COC(=O)c2csc3c2CC[C@@H](C)C3)cc1S(N)(=O)=O. The molecule has 1 aliphatic rings. The van der Waals surface area contributed by atoms with Crippen molar-refractivity contribution >= 4 is 38.9 Å². The lowest BCUT2D eigenvalue weighted by molar-refractivity contribution is -0.119. The second-order valence-corrected chi connectivity index (χ2v) is 9.54. The molecule has 0 saturated heterocycles. The molecule has 0 bridgehead atoms. The molecular formula is C19H22N2O5S2. The highest BCUT2D eigenvalue weighted by Crippen LogP contribution is 2.33. The Morgan fingerprint density at radius 2 is 2.11 bits per heavy atom. The fourth-order valence-electron chi connectivity index (χ4n) is 3.24. The van der Waals surface area contributed by atoms with Gasteiger partial charge in [-0.25, -0.2) is 18.4 Å². The minimum atomic E-state index is -3.90. The quantitative estimate of drug-likeness (QED) is 0.719. The number of rotatable bonds is 5. The number of primary sulfonamides is 1. The first kappa shape index (κ1) is 20.5. The number of amides is 1. The predicted molar refractivity (Wildman–Crippen MR) is 107 cm³/mol.